The standard InChI is InChI=1S/C24H33FN4O2/c1-19-8-13-29(26-19)18-24(30)28(17-22-6-4-14-31-22)15-20-9-11-27(12-10-20)16-21-5-2-3-7-23(21)25/h2-3,5,7-8,13,20,22H,4,6,9-12,14-18H2,1H3. The molecule has 2 saturated heterocycles. The van der Waals surface area contributed by atoms with E-state index in [-0.39, 0.29) is 24.4 Å². The number of ether oxygens (including phenoxy) is 1. The number of piperidine rings is 1. The number of halogens is 1. The van der Waals surface area contributed by atoms with Gasteiger partial charge in [-0.3, -0.25) is 14.4 Å². The predicted octanol–water partition coefficient (Wildman–Crippen LogP) is 3.25. The zero-order valence-electron chi connectivity index (χ0n) is 18.4. The number of carbonyl (C=O) groups is 1. The van der Waals surface area contributed by atoms with E-state index in [1.807, 2.05) is 36.2 Å². The van der Waals surface area contributed by atoms with Crippen LogP contribution in [0.1, 0.15) is 36.9 Å². The number of likely N-dealkylation sites (tertiary alicyclic amines) is 1. The van der Waals surface area contributed by atoms with Crippen molar-refractivity contribution in [2.24, 2.45) is 5.92 Å². The fourth-order valence-electron chi connectivity index (χ4n) is 4.61. The van der Waals surface area contributed by atoms with Crippen molar-refractivity contribution in [1.82, 2.24) is 19.6 Å². The van der Waals surface area contributed by atoms with Crippen LogP contribution in [0.3, 0.4) is 0 Å². The van der Waals surface area contributed by atoms with Crippen LogP contribution in [0.15, 0.2) is 36.5 Å². The molecule has 0 spiro atoms. The summed E-state index contributed by atoms with van der Waals surface area (Å²) in [4.78, 5) is 17.4. The quantitative estimate of drug-likeness (QED) is 0.648. The van der Waals surface area contributed by atoms with Gasteiger partial charge in [-0.2, -0.15) is 5.10 Å². The fraction of sp³-hybridized carbons (Fsp3) is 0.583. The van der Waals surface area contributed by atoms with E-state index in [0.29, 0.717) is 19.0 Å². The first-order valence-electron chi connectivity index (χ1n) is 11.4. The number of benzene rings is 1. The van der Waals surface area contributed by atoms with Gasteiger partial charge < -0.3 is 9.64 Å². The number of aromatic nitrogens is 2. The molecule has 2 fully saturated rings. The molecule has 1 amide bonds. The molecule has 1 aromatic carbocycles. The molecule has 2 aliphatic rings. The van der Waals surface area contributed by atoms with E-state index in [1.54, 1.807) is 10.7 Å². The van der Waals surface area contributed by atoms with Crippen LogP contribution >= 0.6 is 0 Å². The van der Waals surface area contributed by atoms with Crippen molar-refractivity contribution in [1.29, 1.82) is 0 Å². The highest BCUT2D eigenvalue weighted by molar-refractivity contribution is 5.76. The number of nitrogens with zero attached hydrogens (tertiary/aromatic N) is 4. The van der Waals surface area contributed by atoms with Crippen LogP contribution in [-0.4, -0.2) is 64.4 Å². The van der Waals surface area contributed by atoms with E-state index in [0.717, 1.165) is 63.2 Å². The van der Waals surface area contributed by atoms with Crippen LogP contribution < -0.4 is 0 Å². The Morgan fingerprint density at radius 1 is 1.19 bits per heavy atom. The van der Waals surface area contributed by atoms with Crippen LogP contribution in [0.2, 0.25) is 0 Å². The molecular weight excluding hydrogens is 395 g/mol. The Balaban J connectivity index is 1.32. The molecular formula is C24H33FN4O2. The number of rotatable bonds is 8. The van der Waals surface area contributed by atoms with Gasteiger partial charge >= 0.3 is 0 Å². The van der Waals surface area contributed by atoms with Crippen molar-refractivity contribution in [3.63, 3.8) is 0 Å². The molecule has 4 rings (SSSR count). The molecule has 6 nitrogen and oxygen atoms in total. The van der Waals surface area contributed by atoms with E-state index < -0.39 is 0 Å². The van der Waals surface area contributed by atoms with Crippen molar-refractivity contribution < 1.29 is 13.9 Å². The van der Waals surface area contributed by atoms with Crippen molar-refractivity contribution in [2.75, 3.05) is 32.8 Å². The van der Waals surface area contributed by atoms with E-state index >= 15 is 0 Å². The highest BCUT2D eigenvalue weighted by Crippen LogP contribution is 2.22. The van der Waals surface area contributed by atoms with Crippen molar-refractivity contribution >= 4 is 5.91 Å². The first-order valence-corrected chi connectivity index (χ1v) is 11.4. The number of carbonyl (C=O) groups excluding carboxylic acids is 1. The normalized spacial score (nSPS) is 20.3. The lowest BCUT2D eigenvalue weighted by atomic mass is 9.95. The first kappa shape index (κ1) is 22.0. The Morgan fingerprint density at radius 2 is 2.00 bits per heavy atom. The second-order valence-electron chi connectivity index (χ2n) is 8.90. The molecule has 0 N–H and O–H groups in total. The summed E-state index contributed by atoms with van der Waals surface area (Å²) in [5.74, 6) is 0.431. The topological polar surface area (TPSA) is 50.6 Å². The van der Waals surface area contributed by atoms with Gasteiger partial charge in [0.25, 0.3) is 0 Å². The van der Waals surface area contributed by atoms with Gasteiger partial charge in [0, 0.05) is 38.0 Å². The third-order valence-electron chi connectivity index (χ3n) is 6.41. The molecule has 1 unspecified atom stereocenters. The van der Waals surface area contributed by atoms with Crippen LogP contribution in [0.4, 0.5) is 4.39 Å². The molecule has 1 atom stereocenters. The summed E-state index contributed by atoms with van der Waals surface area (Å²) in [6.45, 7) is 6.92. The van der Waals surface area contributed by atoms with E-state index in [4.69, 9.17) is 4.74 Å². The van der Waals surface area contributed by atoms with Gasteiger partial charge in [0.2, 0.25) is 5.91 Å². The number of hydrogen-bond donors (Lipinski definition) is 0. The van der Waals surface area contributed by atoms with Gasteiger partial charge in [-0.15, -0.1) is 0 Å². The Morgan fingerprint density at radius 3 is 2.68 bits per heavy atom. The fourth-order valence-corrected chi connectivity index (χ4v) is 4.61. The third-order valence-corrected chi connectivity index (χ3v) is 6.41. The minimum Gasteiger partial charge on any atom is -0.376 e. The second-order valence-corrected chi connectivity index (χ2v) is 8.90. The minimum absolute atomic E-state index is 0.104. The van der Waals surface area contributed by atoms with E-state index in [2.05, 4.69) is 10.00 Å². The SMILES string of the molecule is Cc1ccn(CC(=O)N(CC2CCN(Cc3ccccc3F)CC2)CC2CCCO2)n1. The van der Waals surface area contributed by atoms with Gasteiger partial charge in [-0.25, -0.2) is 4.39 Å². The molecule has 3 heterocycles. The molecule has 0 saturated carbocycles. The van der Waals surface area contributed by atoms with E-state index in [9.17, 15) is 9.18 Å². The van der Waals surface area contributed by atoms with Crippen LogP contribution in [-0.2, 0) is 22.6 Å². The highest BCUT2D eigenvalue weighted by Gasteiger charge is 2.27. The number of amides is 1. The van der Waals surface area contributed by atoms with Gasteiger partial charge in [-0.05, 0) is 63.7 Å². The second kappa shape index (κ2) is 10.4. The van der Waals surface area contributed by atoms with Crippen LogP contribution in [0, 0.1) is 18.7 Å². The lowest BCUT2D eigenvalue weighted by Gasteiger charge is -2.35. The largest absolute Gasteiger partial charge is 0.376 e. The highest BCUT2D eigenvalue weighted by atomic mass is 19.1. The molecule has 2 aliphatic heterocycles. The zero-order valence-corrected chi connectivity index (χ0v) is 18.4. The summed E-state index contributed by atoms with van der Waals surface area (Å²) >= 11 is 0. The first-order chi connectivity index (χ1) is 15.1. The predicted molar refractivity (Wildman–Crippen MR) is 117 cm³/mol. The Bertz CT molecular complexity index is 857. The van der Waals surface area contributed by atoms with Gasteiger partial charge in [0.15, 0.2) is 0 Å². The number of aryl methyl sites for hydroxylation is 1. The summed E-state index contributed by atoms with van der Waals surface area (Å²) in [6.07, 6.45) is 6.13. The van der Waals surface area contributed by atoms with Crippen molar-refractivity contribution in [3.8, 4) is 0 Å². The van der Waals surface area contributed by atoms with Crippen LogP contribution in [0.25, 0.3) is 0 Å². The molecule has 0 radical (unpaired) electrons. The lowest BCUT2D eigenvalue weighted by Crippen LogP contribution is -2.44. The Labute approximate surface area is 184 Å². The molecule has 168 valence electrons. The van der Waals surface area contributed by atoms with E-state index in [1.165, 1.54) is 6.07 Å². The summed E-state index contributed by atoms with van der Waals surface area (Å²) in [5, 5.41) is 4.37. The van der Waals surface area contributed by atoms with Gasteiger partial charge in [0.05, 0.1) is 11.8 Å². The Kier molecular flexibility index (Phi) is 7.35. The maximum atomic E-state index is 14.0. The summed E-state index contributed by atoms with van der Waals surface area (Å²) in [7, 11) is 0. The lowest BCUT2D eigenvalue weighted by molar-refractivity contribution is -0.134. The smallest absolute Gasteiger partial charge is 0.244 e. The summed E-state index contributed by atoms with van der Waals surface area (Å²) in [5.41, 5.74) is 1.67. The molecule has 0 aliphatic carbocycles. The monoisotopic (exact) mass is 428 g/mol. The Hall–Kier alpha value is -2.25. The molecule has 2 aromatic rings. The minimum atomic E-state index is -0.133. The zero-order chi connectivity index (χ0) is 21.6. The number of hydrogen-bond acceptors (Lipinski definition) is 4. The van der Waals surface area contributed by atoms with Crippen molar-refractivity contribution in [3.05, 3.63) is 53.6 Å². The maximum absolute atomic E-state index is 14.0. The summed E-state index contributed by atoms with van der Waals surface area (Å²) in [6, 6.07) is 8.93. The average Bonchev–Trinajstić information content (AvgIpc) is 3.42. The summed E-state index contributed by atoms with van der Waals surface area (Å²) < 4.78 is 21.5. The van der Waals surface area contributed by atoms with Gasteiger partial charge in [0.1, 0.15) is 12.4 Å². The van der Waals surface area contributed by atoms with Crippen LogP contribution in [0.5, 0.6) is 0 Å². The average molecular weight is 429 g/mol. The van der Waals surface area contributed by atoms with Gasteiger partial charge in [-0.1, -0.05) is 18.2 Å². The molecule has 7 heteroatoms. The maximum Gasteiger partial charge on any atom is 0.244 e. The molecule has 31 heavy (non-hydrogen) atoms. The van der Waals surface area contributed by atoms with Crippen molar-refractivity contribution in [2.45, 2.75) is 51.8 Å². The third kappa shape index (κ3) is 6.14. The molecule has 1 aromatic heterocycles. The molecule has 0 bridgehead atoms.